The monoisotopic (exact) mass is 357 g/mol. The number of rotatable bonds is 7. The molecule has 0 atom stereocenters. The Morgan fingerprint density at radius 2 is 1.48 bits per heavy atom. The SMILES string of the molecule is c1ccc(COc2ccc(NCc3nnc(-c4ccccc4)o3)cc2)cc1. The Labute approximate surface area is 157 Å². The van der Waals surface area contributed by atoms with Gasteiger partial charge in [-0.3, -0.25) is 0 Å². The van der Waals surface area contributed by atoms with Crippen LogP contribution >= 0.6 is 0 Å². The smallest absolute Gasteiger partial charge is 0.247 e. The number of nitrogens with zero attached hydrogens (tertiary/aromatic N) is 2. The highest BCUT2D eigenvalue weighted by Gasteiger charge is 2.07. The average molecular weight is 357 g/mol. The standard InChI is InChI=1S/C22H19N3O2/c1-3-7-17(8-4-1)16-26-20-13-11-19(12-14-20)23-15-21-24-25-22(27-21)18-9-5-2-6-10-18/h1-14,23H,15-16H2. The molecule has 1 heterocycles. The third-order valence-corrected chi connectivity index (χ3v) is 4.03. The largest absolute Gasteiger partial charge is 0.489 e. The van der Waals surface area contributed by atoms with Gasteiger partial charge in [-0.25, -0.2) is 0 Å². The maximum absolute atomic E-state index is 5.79. The third-order valence-electron chi connectivity index (χ3n) is 4.03. The number of hydrogen-bond acceptors (Lipinski definition) is 5. The first-order valence-corrected chi connectivity index (χ1v) is 8.75. The quantitative estimate of drug-likeness (QED) is 0.508. The maximum atomic E-state index is 5.79. The molecule has 0 spiro atoms. The van der Waals surface area contributed by atoms with Gasteiger partial charge in [0.05, 0.1) is 6.54 Å². The second-order valence-electron chi connectivity index (χ2n) is 6.02. The topological polar surface area (TPSA) is 60.2 Å². The van der Waals surface area contributed by atoms with Crippen LogP contribution < -0.4 is 10.1 Å². The molecule has 0 bridgehead atoms. The minimum Gasteiger partial charge on any atom is -0.489 e. The van der Waals surface area contributed by atoms with Crippen LogP contribution in [0.15, 0.2) is 89.3 Å². The zero-order valence-corrected chi connectivity index (χ0v) is 14.7. The van der Waals surface area contributed by atoms with Gasteiger partial charge in [-0.2, -0.15) is 0 Å². The van der Waals surface area contributed by atoms with Crippen LogP contribution in [0.3, 0.4) is 0 Å². The molecule has 4 rings (SSSR count). The van der Waals surface area contributed by atoms with E-state index in [0.717, 1.165) is 22.6 Å². The normalized spacial score (nSPS) is 10.5. The fourth-order valence-electron chi connectivity index (χ4n) is 2.61. The van der Waals surface area contributed by atoms with E-state index in [4.69, 9.17) is 9.15 Å². The number of ether oxygens (including phenoxy) is 1. The van der Waals surface area contributed by atoms with Gasteiger partial charge in [0.25, 0.3) is 0 Å². The van der Waals surface area contributed by atoms with Gasteiger partial charge in [0.15, 0.2) is 0 Å². The second-order valence-corrected chi connectivity index (χ2v) is 6.02. The molecule has 0 saturated carbocycles. The summed E-state index contributed by atoms with van der Waals surface area (Å²) in [5.74, 6) is 1.89. The molecule has 0 fully saturated rings. The molecule has 0 saturated heterocycles. The fraction of sp³-hybridized carbons (Fsp3) is 0.0909. The summed E-state index contributed by atoms with van der Waals surface area (Å²) in [5.41, 5.74) is 3.02. The fourth-order valence-corrected chi connectivity index (χ4v) is 2.61. The van der Waals surface area contributed by atoms with E-state index in [1.165, 1.54) is 0 Å². The van der Waals surface area contributed by atoms with Gasteiger partial charge in [-0.15, -0.1) is 10.2 Å². The second kappa shape index (κ2) is 8.19. The molecule has 1 aromatic heterocycles. The summed E-state index contributed by atoms with van der Waals surface area (Å²) in [6.45, 7) is 1.02. The van der Waals surface area contributed by atoms with Crippen molar-refractivity contribution in [3.8, 4) is 17.2 Å². The van der Waals surface area contributed by atoms with Crippen molar-refractivity contribution in [3.63, 3.8) is 0 Å². The Balaban J connectivity index is 1.31. The van der Waals surface area contributed by atoms with Crippen LogP contribution in [-0.2, 0) is 13.2 Å². The highest BCUT2D eigenvalue weighted by Crippen LogP contribution is 2.19. The molecular formula is C22H19N3O2. The van der Waals surface area contributed by atoms with E-state index in [0.29, 0.717) is 24.9 Å². The molecule has 0 aliphatic heterocycles. The Hall–Kier alpha value is -3.60. The van der Waals surface area contributed by atoms with Gasteiger partial charge in [0, 0.05) is 11.3 Å². The third kappa shape index (κ3) is 4.52. The highest BCUT2D eigenvalue weighted by molar-refractivity contribution is 5.52. The first-order chi connectivity index (χ1) is 13.4. The Kier molecular flexibility index (Phi) is 5.11. The number of nitrogens with one attached hydrogen (secondary N) is 1. The Morgan fingerprint density at radius 1 is 0.778 bits per heavy atom. The zero-order valence-electron chi connectivity index (χ0n) is 14.7. The molecule has 4 aromatic rings. The van der Waals surface area contributed by atoms with Gasteiger partial charge in [0.1, 0.15) is 12.4 Å². The summed E-state index contributed by atoms with van der Waals surface area (Å²) in [6, 6.07) is 27.6. The lowest BCUT2D eigenvalue weighted by Gasteiger charge is -2.08. The molecule has 3 aromatic carbocycles. The molecule has 0 radical (unpaired) electrons. The lowest BCUT2D eigenvalue weighted by molar-refractivity contribution is 0.306. The summed E-state index contributed by atoms with van der Waals surface area (Å²) in [7, 11) is 0. The van der Waals surface area contributed by atoms with Gasteiger partial charge in [-0.1, -0.05) is 48.5 Å². The van der Waals surface area contributed by atoms with Crippen LogP contribution in [0.4, 0.5) is 5.69 Å². The van der Waals surface area contributed by atoms with Gasteiger partial charge >= 0.3 is 0 Å². The van der Waals surface area contributed by atoms with E-state index < -0.39 is 0 Å². The molecule has 0 aliphatic carbocycles. The zero-order chi connectivity index (χ0) is 18.3. The lowest BCUT2D eigenvalue weighted by Crippen LogP contribution is -2.00. The summed E-state index contributed by atoms with van der Waals surface area (Å²) < 4.78 is 11.5. The first kappa shape index (κ1) is 16.8. The van der Waals surface area contributed by atoms with Crippen molar-refractivity contribution >= 4 is 5.69 Å². The number of aromatic nitrogens is 2. The van der Waals surface area contributed by atoms with E-state index in [-0.39, 0.29) is 0 Å². The van der Waals surface area contributed by atoms with Crippen molar-refractivity contribution in [1.82, 2.24) is 10.2 Å². The molecule has 1 N–H and O–H groups in total. The van der Waals surface area contributed by atoms with E-state index in [9.17, 15) is 0 Å². The van der Waals surface area contributed by atoms with Crippen LogP contribution in [0.25, 0.3) is 11.5 Å². The van der Waals surface area contributed by atoms with E-state index in [1.807, 2.05) is 84.9 Å². The van der Waals surface area contributed by atoms with Gasteiger partial charge < -0.3 is 14.5 Å². The number of hydrogen-bond donors (Lipinski definition) is 1. The number of benzene rings is 3. The highest BCUT2D eigenvalue weighted by atomic mass is 16.5. The van der Waals surface area contributed by atoms with Crippen LogP contribution in [0, 0.1) is 0 Å². The van der Waals surface area contributed by atoms with Gasteiger partial charge in [0.2, 0.25) is 11.8 Å². The molecule has 0 aliphatic rings. The van der Waals surface area contributed by atoms with Crippen molar-refractivity contribution in [1.29, 1.82) is 0 Å². The molecule has 5 heteroatoms. The van der Waals surface area contributed by atoms with Crippen molar-refractivity contribution in [2.75, 3.05) is 5.32 Å². The lowest BCUT2D eigenvalue weighted by atomic mass is 10.2. The van der Waals surface area contributed by atoms with E-state index in [1.54, 1.807) is 0 Å². The summed E-state index contributed by atoms with van der Waals surface area (Å²) in [4.78, 5) is 0. The van der Waals surface area contributed by atoms with Crippen molar-refractivity contribution in [3.05, 3.63) is 96.4 Å². The molecular weight excluding hydrogens is 338 g/mol. The van der Waals surface area contributed by atoms with Crippen LogP contribution in [0.1, 0.15) is 11.5 Å². The van der Waals surface area contributed by atoms with Crippen LogP contribution in [-0.4, -0.2) is 10.2 Å². The summed E-state index contributed by atoms with van der Waals surface area (Å²) in [6.07, 6.45) is 0. The van der Waals surface area contributed by atoms with Crippen LogP contribution in [0.2, 0.25) is 0 Å². The molecule has 5 nitrogen and oxygen atoms in total. The van der Waals surface area contributed by atoms with Gasteiger partial charge in [-0.05, 0) is 42.0 Å². The molecule has 0 amide bonds. The predicted molar refractivity (Wildman–Crippen MR) is 104 cm³/mol. The van der Waals surface area contributed by atoms with Crippen molar-refractivity contribution in [2.24, 2.45) is 0 Å². The Morgan fingerprint density at radius 3 is 2.22 bits per heavy atom. The van der Waals surface area contributed by atoms with Crippen molar-refractivity contribution in [2.45, 2.75) is 13.2 Å². The maximum Gasteiger partial charge on any atom is 0.247 e. The minimum absolute atomic E-state index is 0.462. The average Bonchev–Trinajstić information content (AvgIpc) is 3.22. The van der Waals surface area contributed by atoms with E-state index in [2.05, 4.69) is 15.5 Å². The molecule has 27 heavy (non-hydrogen) atoms. The molecule has 0 unspecified atom stereocenters. The van der Waals surface area contributed by atoms with Crippen molar-refractivity contribution < 1.29 is 9.15 Å². The molecule has 134 valence electrons. The van der Waals surface area contributed by atoms with E-state index >= 15 is 0 Å². The minimum atomic E-state index is 0.462. The Bertz CT molecular complexity index is 967. The predicted octanol–water partition coefficient (Wildman–Crippen LogP) is 4.93. The summed E-state index contributed by atoms with van der Waals surface area (Å²) in [5, 5.41) is 11.4. The first-order valence-electron chi connectivity index (χ1n) is 8.75. The number of anilines is 1. The van der Waals surface area contributed by atoms with Crippen LogP contribution in [0.5, 0.6) is 5.75 Å². The summed E-state index contributed by atoms with van der Waals surface area (Å²) >= 11 is 0.